The standard InChI is InChI=1S/C23H27N3O3S2/c1-5-26(6-2)31(28,29)18-12-11-16(3)21(14-18)24-22(27)15-30-23-13-17(4)19-9-7-8-10-20(19)25-23/h7-14H,5-6,15H2,1-4H3,(H,24,27). The molecule has 0 bridgehead atoms. The van der Waals surface area contributed by atoms with Crippen molar-refractivity contribution in [1.82, 2.24) is 9.29 Å². The van der Waals surface area contributed by atoms with E-state index in [-0.39, 0.29) is 16.6 Å². The highest BCUT2D eigenvalue weighted by atomic mass is 32.2. The molecule has 0 spiro atoms. The van der Waals surface area contributed by atoms with Crippen molar-refractivity contribution in [3.63, 3.8) is 0 Å². The lowest BCUT2D eigenvalue weighted by Crippen LogP contribution is -2.30. The fourth-order valence-corrected chi connectivity index (χ4v) is 5.59. The predicted octanol–water partition coefficient (Wildman–Crippen LogP) is 4.61. The largest absolute Gasteiger partial charge is 0.325 e. The van der Waals surface area contributed by atoms with Gasteiger partial charge in [-0.05, 0) is 49.2 Å². The molecule has 31 heavy (non-hydrogen) atoms. The van der Waals surface area contributed by atoms with Crippen molar-refractivity contribution in [2.24, 2.45) is 0 Å². The number of amides is 1. The number of carbonyl (C=O) groups excluding carboxylic acids is 1. The van der Waals surface area contributed by atoms with Crippen LogP contribution < -0.4 is 5.32 Å². The molecular weight excluding hydrogens is 430 g/mol. The van der Waals surface area contributed by atoms with Gasteiger partial charge in [0.2, 0.25) is 15.9 Å². The Balaban J connectivity index is 1.74. The monoisotopic (exact) mass is 457 g/mol. The Hall–Kier alpha value is -2.42. The van der Waals surface area contributed by atoms with Crippen LogP contribution in [0.25, 0.3) is 10.9 Å². The van der Waals surface area contributed by atoms with Crippen molar-refractivity contribution in [1.29, 1.82) is 0 Å². The summed E-state index contributed by atoms with van der Waals surface area (Å²) in [6.45, 7) is 8.26. The van der Waals surface area contributed by atoms with Gasteiger partial charge in [-0.15, -0.1) is 0 Å². The summed E-state index contributed by atoms with van der Waals surface area (Å²) in [5.41, 5.74) is 3.31. The molecule has 2 aromatic carbocycles. The predicted molar refractivity (Wildman–Crippen MR) is 127 cm³/mol. The Morgan fingerprint density at radius 3 is 2.45 bits per heavy atom. The van der Waals surface area contributed by atoms with Crippen molar-refractivity contribution in [3.8, 4) is 0 Å². The van der Waals surface area contributed by atoms with Crippen LogP contribution in [0.3, 0.4) is 0 Å². The molecule has 0 fully saturated rings. The molecule has 0 atom stereocenters. The highest BCUT2D eigenvalue weighted by molar-refractivity contribution is 7.99. The van der Waals surface area contributed by atoms with Crippen LogP contribution in [0.15, 0.2) is 58.5 Å². The number of sulfonamides is 1. The quantitative estimate of drug-likeness (QED) is 0.500. The molecule has 3 rings (SSSR count). The second kappa shape index (κ2) is 9.80. The van der Waals surface area contributed by atoms with Gasteiger partial charge in [0, 0.05) is 24.2 Å². The highest BCUT2D eigenvalue weighted by Gasteiger charge is 2.22. The Morgan fingerprint density at radius 1 is 1.03 bits per heavy atom. The van der Waals surface area contributed by atoms with Gasteiger partial charge >= 0.3 is 0 Å². The molecule has 0 saturated heterocycles. The molecule has 0 saturated carbocycles. The first kappa shape index (κ1) is 23.2. The van der Waals surface area contributed by atoms with E-state index in [1.807, 2.05) is 44.2 Å². The molecule has 3 aromatic rings. The van der Waals surface area contributed by atoms with Gasteiger partial charge in [-0.2, -0.15) is 4.31 Å². The number of benzene rings is 2. The molecule has 1 aromatic heterocycles. The van der Waals surface area contributed by atoms with Crippen molar-refractivity contribution in [3.05, 3.63) is 59.7 Å². The number of nitrogens with zero attached hydrogens (tertiary/aromatic N) is 2. The zero-order valence-electron chi connectivity index (χ0n) is 18.2. The van der Waals surface area contributed by atoms with Crippen LogP contribution >= 0.6 is 11.8 Å². The van der Waals surface area contributed by atoms with E-state index in [4.69, 9.17) is 0 Å². The van der Waals surface area contributed by atoms with Crippen molar-refractivity contribution in [2.75, 3.05) is 24.2 Å². The van der Waals surface area contributed by atoms with Crippen LogP contribution in [-0.4, -0.2) is 42.5 Å². The number of thioether (sulfide) groups is 1. The lowest BCUT2D eigenvalue weighted by atomic mass is 10.1. The summed E-state index contributed by atoms with van der Waals surface area (Å²) >= 11 is 1.35. The SMILES string of the molecule is CCN(CC)S(=O)(=O)c1ccc(C)c(NC(=O)CSc2cc(C)c3ccccc3n2)c1. The van der Waals surface area contributed by atoms with Gasteiger partial charge < -0.3 is 5.32 Å². The average Bonchev–Trinajstić information content (AvgIpc) is 2.74. The topological polar surface area (TPSA) is 79.4 Å². The summed E-state index contributed by atoms with van der Waals surface area (Å²) in [6, 6.07) is 14.7. The zero-order valence-corrected chi connectivity index (χ0v) is 19.8. The van der Waals surface area contributed by atoms with Crippen molar-refractivity contribution in [2.45, 2.75) is 37.6 Å². The van der Waals surface area contributed by atoms with E-state index in [1.54, 1.807) is 26.0 Å². The van der Waals surface area contributed by atoms with Gasteiger partial charge in [-0.3, -0.25) is 4.79 Å². The lowest BCUT2D eigenvalue weighted by Gasteiger charge is -2.19. The van der Waals surface area contributed by atoms with Gasteiger partial charge in [-0.25, -0.2) is 13.4 Å². The smallest absolute Gasteiger partial charge is 0.243 e. The minimum atomic E-state index is -3.59. The minimum Gasteiger partial charge on any atom is -0.325 e. The van der Waals surface area contributed by atoms with Crippen LogP contribution in [0.1, 0.15) is 25.0 Å². The number of pyridine rings is 1. The molecule has 0 radical (unpaired) electrons. The van der Waals surface area contributed by atoms with E-state index in [9.17, 15) is 13.2 Å². The molecule has 0 aliphatic heterocycles. The molecule has 6 nitrogen and oxygen atoms in total. The van der Waals surface area contributed by atoms with E-state index >= 15 is 0 Å². The van der Waals surface area contributed by atoms with E-state index in [2.05, 4.69) is 10.3 Å². The molecule has 1 heterocycles. The Morgan fingerprint density at radius 2 is 1.74 bits per heavy atom. The third-order valence-corrected chi connectivity index (χ3v) is 8.03. The summed E-state index contributed by atoms with van der Waals surface area (Å²) in [4.78, 5) is 17.4. The number of nitrogens with one attached hydrogen (secondary N) is 1. The maximum Gasteiger partial charge on any atom is 0.243 e. The lowest BCUT2D eigenvalue weighted by molar-refractivity contribution is -0.113. The third-order valence-electron chi connectivity index (χ3n) is 5.08. The number of hydrogen-bond donors (Lipinski definition) is 1. The number of para-hydroxylation sites is 1. The number of rotatable bonds is 8. The van der Waals surface area contributed by atoms with Crippen molar-refractivity contribution < 1.29 is 13.2 Å². The Bertz CT molecular complexity index is 1210. The van der Waals surface area contributed by atoms with Gasteiger partial charge in [0.15, 0.2) is 0 Å². The highest BCUT2D eigenvalue weighted by Crippen LogP contribution is 2.25. The number of aromatic nitrogens is 1. The van der Waals surface area contributed by atoms with Crippen LogP contribution in [-0.2, 0) is 14.8 Å². The number of fused-ring (bicyclic) bond motifs is 1. The van der Waals surface area contributed by atoms with Crippen LogP contribution in [0, 0.1) is 13.8 Å². The summed E-state index contributed by atoms with van der Waals surface area (Å²) in [7, 11) is -3.59. The number of aryl methyl sites for hydroxylation is 2. The minimum absolute atomic E-state index is 0.177. The second-order valence-corrected chi connectivity index (χ2v) is 10.1. The number of carbonyl (C=O) groups is 1. The first-order chi connectivity index (χ1) is 14.8. The van der Waals surface area contributed by atoms with E-state index in [1.165, 1.54) is 22.1 Å². The second-order valence-electron chi connectivity index (χ2n) is 7.20. The first-order valence-electron chi connectivity index (χ1n) is 10.2. The van der Waals surface area contributed by atoms with Crippen LogP contribution in [0.4, 0.5) is 5.69 Å². The molecule has 0 unspecified atom stereocenters. The van der Waals surface area contributed by atoms with E-state index in [0.717, 1.165) is 27.1 Å². The van der Waals surface area contributed by atoms with E-state index in [0.29, 0.717) is 18.8 Å². The maximum absolute atomic E-state index is 12.8. The van der Waals surface area contributed by atoms with Crippen LogP contribution in [0.2, 0.25) is 0 Å². The fraction of sp³-hybridized carbons (Fsp3) is 0.304. The Labute approximate surface area is 188 Å². The maximum atomic E-state index is 12.8. The van der Waals surface area contributed by atoms with Crippen LogP contribution in [0.5, 0.6) is 0 Å². The van der Waals surface area contributed by atoms with Gasteiger partial charge in [0.05, 0.1) is 21.2 Å². The van der Waals surface area contributed by atoms with E-state index < -0.39 is 10.0 Å². The fourth-order valence-electron chi connectivity index (χ4n) is 3.33. The normalized spacial score (nSPS) is 11.8. The molecule has 0 aliphatic rings. The first-order valence-corrected chi connectivity index (χ1v) is 12.6. The van der Waals surface area contributed by atoms with Gasteiger partial charge in [0.1, 0.15) is 0 Å². The summed E-state index contributed by atoms with van der Waals surface area (Å²) < 4.78 is 27.0. The Kier molecular flexibility index (Phi) is 7.35. The summed E-state index contributed by atoms with van der Waals surface area (Å²) in [5, 5.41) is 4.72. The zero-order chi connectivity index (χ0) is 22.6. The molecule has 0 aliphatic carbocycles. The van der Waals surface area contributed by atoms with Gasteiger partial charge in [-0.1, -0.05) is 49.9 Å². The third kappa shape index (κ3) is 5.26. The average molecular weight is 458 g/mol. The molecule has 164 valence electrons. The molecular formula is C23H27N3O3S2. The van der Waals surface area contributed by atoms with Gasteiger partial charge in [0.25, 0.3) is 0 Å². The number of anilines is 1. The molecule has 1 N–H and O–H groups in total. The van der Waals surface area contributed by atoms with Crippen molar-refractivity contribution >= 4 is 44.3 Å². The summed E-state index contributed by atoms with van der Waals surface area (Å²) in [6.07, 6.45) is 0. The molecule has 8 heteroatoms. The molecule has 1 amide bonds. The summed E-state index contributed by atoms with van der Waals surface area (Å²) in [5.74, 6) is -0.0323. The number of hydrogen-bond acceptors (Lipinski definition) is 5.